The Labute approximate surface area is 132 Å². The van der Waals surface area contributed by atoms with Crippen molar-refractivity contribution < 1.29 is 4.79 Å². The molecule has 2 heterocycles. The van der Waals surface area contributed by atoms with Crippen molar-refractivity contribution in [3.63, 3.8) is 0 Å². The number of hydrogen-bond acceptors (Lipinski definition) is 5. The van der Waals surface area contributed by atoms with Crippen molar-refractivity contribution in [3.8, 4) is 10.6 Å². The molecule has 0 unspecified atom stereocenters. The first-order chi connectivity index (χ1) is 10.2. The molecule has 2 aromatic rings. The average Bonchev–Trinajstić information content (AvgIpc) is 3.17. The standard InChI is InChI=1S/C15H19N3OS2/c1-9-5-6-13(21-9)12-8-20-15(17-12)18-14(19)11-4-2-3-10(11)7-16/h5-6,8,10-11H,2-4,7,16H2,1H3,(H,17,18,19)/t10-,11-/m1/s1. The van der Waals surface area contributed by atoms with Crippen LogP contribution in [0.25, 0.3) is 10.6 Å². The Hall–Kier alpha value is -1.24. The summed E-state index contributed by atoms with van der Waals surface area (Å²) in [6, 6.07) is 4.16. The molecule has 1 aliphatic rings. The average molecular weight is 321 g/mol. The Kier molecular flexibility index (Phi) is 4.37. The molecule has 3 rings (SSSR count). The fraction of sp³-hybridized carbons (Fsp3) is 0.467. The number of anilines is 1. The molecule has 21 heavy (non-hydrogen) atoms. The van der Waals surface area contributed by atoms with Crippen molar-refractivity contribution in [2.75, 3.05) is 11.9 Å². The van der Waals surface area contributed by atoms with Gasteiger partial charge in [0, 0.05) is 16.2 Å². The molecule has 1 amide bonds. The zero-order valence-corrected chi connectivity index (χ0v) is 13.6. The van der Waals surface area contributed by atoms with E-state index in [1.807, 2.05) is 5.38 Å². The van der Waals surface area contributed by atoms with Crippen molar-refractivity contribution in [1.29, 1.82) is 0 Å². The second kappa shape index (κ2) is 6.25. The first-order valence-electron chi connectivity index (χ1n) is 7.20. The summed E-state index contributed by atoms with van der Waals surface area (Å²) < 4.78 is 0. The highest BCUT2D eigenvalue weighted by Gasteiger charge is 2.32. The number of nitrogens with one attached hydrogen (secondary N) is 1. The normalized spacial score (nSPS) is 21.6. The van der Waals surface area contributed by atoms with Gasteiger partial charge < -0.3 is 11.1 Å². The topological polar surface area (TPSA) is 68.0 Å². The molecule has 1 aliphatic carbocycles. The van der Waals surface area contributed by atoms with E-state index in [9.17, 15) is 4.79 Å². The van der Waals surface area contributed by atoms with Crippen molar-refractivity contribution >= 4 is 33.7 Å². The Bertz CT molecular complexity index is 634. The van der Waals surface area contributed by atoms with E-state index in [2.05, 4.69) is 29.4 Å². The third kappa shape index (κ3) is 3.17. The van der Waals surface area contributed by atoms with E-state index in [0.717, 1.165) is 29.8 Å². The zero-order valence-electron chi connectivity index (χ0n) is 12.0. The molecule has 4 nitrogen and oxygen atoms in total. The number of thiazole rings is 1. The number of hydrogen-bond donors (Lipinski definition) is 2. The molecule has 6 heteroatoms. The van der Waals surface area contributed by atoms with Gasteiger partial charge in [-0.15, -0.1) is 22.7 Å². The highest BCUT2D eigenvalue weighted by molar-refractivity contribution is 7.17. The van der Waals surface area contributed by atoms with Crippen LogP contribution in [0.4, 0.5) is 5.13 Å². The van der Waals surface area contributed by atoms with Gasteiger partial charge in [0.2, 0.25) is 5.91 Å². The van der Waals surface area contributed by atoms with Crippen LogP contribution in [0, 0.1) is 18.8 Å². The van der Waals surface area contributed by atoms with Crippen LogP contribution in [-0.4, -0.2) is 17.4 Å². The molecule has 2 atom stereocenters. The van der Waals surface area contributed by atoms with Crippen molar-refractivity contribution in [1.82, 2.24) is 4.98 Å². The van der Waals surface area contributed by atoms with Gasteiger partial charge in [-0.3, -0.25) is 4.79 Å². The maximum Gasteiger partial charge on any atom is 0.229 e. The van der Waals surface area contributed by atoms with E-state index in [1.54, 1.807) is 11.3 Å². The van der Waals surface area contributed by atoms with Crippen LogP contribution in [0.15, 0.2) is 17.5 Å². The minimum atomic E-state index is 0.0475. The maximum absolute atomic E-state index is 12.3. The number of nitrogens with two attached hydrogens (primary N) is 1. The minimum Gasteiger partial charge on any atom is -0.330 e. The minimum absolute atomic E-state index is 0.0475. The van der Waals surface area contributed by atoms with Crippen LogP contribution in [0.1, 0.15) is 24.1 Å². The smallest absolute Gasteiger partial charge is 0.229 e. The van der Waals surface area contributed by atoms with Gasteiger partial charge in [-0.25, -0.2) is 4.98 Å². The first-order valence-corrected chi connectivity index (χ1v) is 8.90. The molecule has 0 bridgehead atoms. The predicted octanol–water partition coefficient (Wildman–Crippen LogP) is 3.49. The van der Waals surface area contributed by atoms with Crippen molar-refractivity contribution in [2.24, 2.45) is 17.6 Å². The molecule has 0 aliphatic heterocycles. The summed E-state index contributed by atoms with van der Waals surface area (Å²) in [5.41, 5.74) is 6.69. The van der Waals surface area contributed by atoms with Crippen LogP contribution >= 0.6 is 22.7 Å². The number of carbonyl (C=O) groups is 1. The highest BCUT2D eigenvalue weighted by Crippen LogP contribution is 2.33. The van der Waals surface area contributed by atoms with Crippen LogP contribution in [0.5, 0.6) is 0 Å². The van der Waals surface area contributed by atoms with E-state index in [1.165, 1.54) is 16.2 Å². The Morgan fingerprint density at radius 2 is 2.33 bits per heavy atom. The van der Waals surface area contributed by atoms with Gasteiger partial charge in [0.25, 0.3) is 0 Å². The van der Waals surface area contributed by atoms with Gasteiger partial charge in [-0.1, -0.05) is 6.42 Å². The van der Waals surface area contributed by atoms with Gasteiger partial charge in [-0.2, -0.15) is 0 Å². The summed E-state index contributed by atoms with van der Waals surface area (Å²) >= 11 is 3.20. The number of thiophene rings is 1. The second-order valence-electron chi connectivity index (χ2n) is 5.47. The van der Waals surface area contributed by atoms with Gasteiger partial charge in [0.15, 0.2) is 5.13 Å². The lowest BCUT2D eigenvalue weighted by atomic mass is 9.95. The lowest BCUT2D eigenvalue weighted by Gasteiger charge is -2.16. The molecule has 1 fully saturated rings. The van der Waals surface area contributed by atoms with Gasteiger partial charge in [0.05, 0.1) is 10.6 Å². The quantitative estimate of drug-likeness (QED) is 0.905. The van der Waals surface area contributed by atoms with E-state index in [-0.39, 0.29) is 11.8 Å². The summed E-state index contributed by atoms with van der Waals surface area (Å²) in [6.45, 7) is 2.67. The monoisotopic (exact) mass is 321 g/mol. The van der Waals surface area contributed by atoms with Gasteiger partial charge in [-0.05, 0) is 44.4 Å². The van der Waals surface area contributed by atoms with E-state index in [4.69, 9.17) is 5.73 Å². The van der Waals surface area contributed by atoms with E-state index in [0.29, 0.717) is 17.6 Å². The summed E-state index contributed by atoms with van der Waals surface area (Å²) in [5, 5.41) is 5.64. The van der Waals surface area contributed by atoms with Crippen molar-refractivity contribution in [3.05, 3.63) is 22.4 Å². The Morgan fingerprint density at radius 1 is 1.48 bits per heavy atom. The number of aromatic nitrogens is 1. The molecule has 112 valence electrons. The van der Waals surface area contributed by atoms with Gasteiger partial charge >= 0.3 is 0 Å². The van der Waals surface area contributed by atoms with Gasteiger partial charge in [0.1, 0.15) is 0 Å². The molecule has 0 aromatic carbocycles. The lowest BCUT2D eigenvalue weighted by Crippen LogP contribution is -2.29. The first kappa shape index (κ1) is 14.7. The SMILES string of the molecule is Cc1ccc(-c2csc(NC(=O)[C@@H]3CCC[C@@H]3CN)n2)s1. The molecule has 0 spiro atoms. The molecular weight excluding hydrogens is 302 g/mol. The maximum atomic E-state index is 12.3. The zero-order chi connectivity index (χ0) is 14.8. The molecule has 2 aromatic heterocycles. The Balaban J connectivity index is 1.68. The number of amides is 1. The molecule has 0 radical (unpaired) electrons. The Morgan fingerprint density at radius 3 is 3.05 bits per heavy atom. The van der Waals surface area contributed by atoms with Crippen LogP contribution in [0.2, 0.25) is 0 Å². The van der Waals surface area contributed by atoms with Crippen LogP contribution in [0.3, 0.4) is 0 Å². The third-order valence-corrected chi connectivity index (χ3v) is 5.81. The van der Waals surface area contributed by atoms with Crippen molar-refractivity contribution in [2.45, 2.75) is 26.2 Å². The number of aryl methyl sites for hydroxylation is 1. The largest absolute Gasteiger partial charge is 0.330 e. The fourth-order valence-electron chi connectivity index (χ4n) is 2.88. The van der Waals surface area contributed by atoms with E-state index < -0.39 is 0 Å². The number of rotatable bonds is 4. The number of carbonyl (C=O) groups excluding carboxylic acids is 1. The molecule has 1 saturated carbocycles. The predicted molar refractivity (Wildman–Crippen MR) is 88.7 cm³/mol. The molecular formula is C15H19N3OS2. The third-order valence-electron chi connectivity index (χ3n) is 4.03. The van der Waals surface area contributed by atoms with E-state index >= 15 is 0 Å². The highest BCUT2D eigenvalue weighted by atomic mass is 32.1. The summed E-state index contributed by atoms with van der Waals surface area (Å²) in [6.07, 6.45) is 3.10. The molecule has 3 N–H and O–H groups in total. The fourth-order valence-corrected chi connectivity index (χ4v) is 4.50. The summed E-state index contributed by atoms with van der Waals surface area (Å²) in [4.78, 5) is 19.3. The summed E-state index contributed by atoms with van der Waals surface area (Å²) in [7, 11) is 0. The number of nitrogens with zero attached hydrogens (tertiary/aromatic N) is 1. The molecule has 0 saturated heterocycles. The lowest BCUT2D eigenvalue weighted by molar-refractivity contribution is -0.120. The second-order valence-corrected chi connectivity index (χ2v) is 7.62. The van der Waals surface area contributed by atoms with Crippen LogP contribution in [-0.2, 0) is 4.79 Å². The summed E-state index contributed by atoms with van der Waals surface area (Å²) in [5.74, 6) is 0.446. The van der Waals surface area contributed by atoms with Crippen LogP contribution < -0.4 is 11.1 Å².